The molecule has 1 nitrogen and oxygen atoms in total. The maximum absolute atomic E-state index is 2.60. The van der Waals surface area contributed by atoms with Crippen molar-refractivity contribution in [3.63, 3.8) is 0 Å². The zero-order chi connectivity index (χ0) is 8.13. The molecule has 12 heavy (non-hydrogen) atoms. The molecule has 0 aromatic rings. The van der Waals surface area contributed by atoms with Gasteiger partial charge < -0.3 is 0 Å². The Labute approximate surface area is 75.1 Å². The van der Waals surface area contributed by atoms with Crippen LogP contribution < -0.4 is 0 Å². The fourth-order valence-electron chi connectivity index (χ4n) is 3.65. The van der Waals surface area contributed by atoms with Gasteiger partial charge in [-0.25, -0.2) is 0 Å². The van der Waals surface area contributed by atoms with Gasteiger partial charge in [0.05, 0.1) is 0 Å². The molecule has 0 aromatic carbocycles. The van der Waals surface area contributed by atoms with Crippen LogP contribution in [0.5, 0.6) is 0 Å². The molecule has 0 spiro atoms. The Morgan fingerprint density at radius 2 is 1.42 bits per heavy atom. The van der Waals surface area contributed by atoms with E-state index in [1.54, 1.807) is 12.8 Å². The van der Waals surface area contributed by atoms with E-state index < -0.39 is 0 Å². The van der Waals surface area contributed by atoms with Gasteiger partial charge in [0.25, 0.3) is 0 Å². The molecule has 4 unspecified atom stereocenters. The quantitative estimate of drug-likeness (QED) is 0.498. The zero-order valence-corrected chi connectivity index (χ0v) is 8.00. The first kappa shape index (κ1) is 7.37. The molecule has 0 radical (unpaired) electrons. The van der Waals surface area contributed by atoms with Crippen molar-refractivity contribution in [2.75, 3.05) is 7.05 Å². The molecule has 0 bridgehead atoms. The molecule has 2 saturated carbocycles. The first-order valence-electron chi connectivity index (χ1n) is 5.58. The molecule has 1 saturated heterocycles. The summed E-state index contributed by atoms with van der Waals surface area (Å²) in [5.41, 5.74) is 0. The summed E-state index contributed by atoms with van der Waals surface area (Å²) in [6.07, 6.45) is 9.19. The largest absolute Gasteiger partial charge is 0.297 e. The van der Waals surface area contributed by atoms with Crippen molar-refractivity contribution < 1.29 is 0 Å². The van der Waals surface area contributed by atoms with E-state index in [4.69, 9.17) is 0 Å². The van der Waals surface area contributed by atoms with Gasteiger partial charge in [-0.2, -0.15) is 0 Å². The Kier molecular flexibility index (Phi) is 1.52. The van der Waals surface area contributed by atoms with Gasteiger partial charge in [-0.05, 0) is 31.7 Å². The molecular formula is C11H19N. The summed E-state index contributed by atoms with van der Waals surface area (Å²) in [7, 11) is 2.31. The van der Waals surface area contributed by atoms with Gasteiger partial charge in [-0.1, -0.05) is 25.7 Å². The van der Waals surface area contributed by atoms with E-state index >= 15 is 0 Å². The third-order valence-corrected chi connectivity index (χ3v) is 4.56. The number of hydrogen-bond donors (Lipinski definition) is 0. The Hall–Kier alpha value is -0.0400. The van der Waals surface area contributed by atoms with Crippen LogP contribution in [0.3, 0.4) is 0 Å². The standard InChI is InChI=1S/C11H19N/c1-12-10-6-8-4-2-3-5-9(8)7-11(10)12/h8-11H,2-7H2,1H3. The predicted molar refractivity (Wildman–Crippen MR) is 50.0 cm³/mol. The van der Waals surface area contributed by atoms with Crippen molar-refractivity contribution in [1.29, 1.82) is 0 Å². The van der Waals surface area contributed by atoms with E-state index in [1.165, 1.54) is 25.7 Å². The monoisotopic (exact) mass is 165 g/mol. The number of likely N-dealkylation sites (tertiary alicyclic amines) is 1. The number of hydrogen-bond acceptors (Lipinski definition) is 1. The van der Waals surface area contributed by atoms with Crippen LogP contribution in [0.1, 0.15) is 38.5 Å². The maximum Gasteiger partial charge on any atom is 0.0254 e. The summed E-state index contributed by atoms with van der Waals surface area (Å²) in [4.78, 5) is 2.60. The van der Waals surface area contributed by atoms with Gasteiger partial charge in [0.2, 0.25) is 0 Å². The van der Waals surface area contributed by atoms with Crippen molar-refractivity contribution in [2.45, 2.75) is 50.6 Å². The zero-order valence-electron chi connectivity index (χ0n) is 8.00. The van der Waals surface area contributed by atoms with Gasteiger partial charge in [0.15, 0.2) is 0 Å². The number of likely N-dealkylation sites (N-methyl/N-ethyl adjacent to an activating group) is 1. The van der Waals surface area contributed by atoms with Crippen LogP contribution in [0, 0.1) is 11.8 Å². The minimum absolute atomic E-state index is 1.00. The highest BCUT2D eigenvalue weighted by atomic mass is 15.3. The van der Waals surface area contributed by atoms with E-state index in [9.17, 15) is 0 Å². The number of rotatable bonds is 0. The fraction of sp³-hybridized carbons (Fsp3) is 1.00. The minimum Gasteiger partial charge on any atom is -0.297 e. The smallest absolute Gasteiger partial charge is 0.0254 e. The topological polar surface area (TPSA) is 3.01 Å². The van der Waals surface area contributed by atoms with Crippen LogP contribution in [0.25, 0.3) is 0 Å². The summed E-state index contributed by atoms with van der Waals surface area (Å²) in [5.74, 6) is 2.23. The molecule has 3 fully saturated rings. The molecule has 1 heterocycles. The van der Waals surface area contributed by atoms with Crippen LogP contribution in [0.4, 0.5) is 0 Å². The maximum atomic E-state index is 2.60. The summed E-state index contributed by atoms with van der Waals surface area (Å²) >= 11 is 0. The second kappa shape index (κ2) is 2.47. The lowest BCUT2D eigenvalue weighted by atomic mass is 9.71. The van der Waals surface area contributed by atoms with Gasteiger partial charge in [0, 0.05) is 12.1 Å². The average Bonchev–Trinajstić information content (AvgIpc) is 2.74. The first-order chi connectivity index (χ1) is 5.86. The van der Waals surface area contributed by atoms with Gasteiger partial charge in [0.1, 0.15) is 0 Å². The second-order valence-corrected chi connectivity index (χ2v) is 5.08. The van der Waals surface area contributed by atoms with Gasteiger partial charge >= 0.3 is 0 Å². The Morgan fingerprint density at radius 3 is 1.92 bits per heavy atom. The van der Waals surface area contributed by atoms with Crippen molar-refractivity contribution in [1.82, 2.24) is 4.90 Å². The van der Waals surface area contributed by atoms with Gasteiger partial charge in [-0.3, -0.25) is 4.90 Å². The summed E-state index contributed by atoms with van der Waals surface area (Å²) < 4.78 is 0. The van der Waals surface area contributed by atoms with Crippen molar-refractivity contribution in [3.8, 4) is 0 Å². The molecule has 3 aliphatic rings. The van der Waals surface area contributed by atoms with Crippen LogP contribution >= 0.6 is 0 Å². The normalized spacial score (nSPS) is 57.2. The van der Waals surface area contributed by atoms with Crippen molar-refractivity contribution in [3.05, 3.63) is 0 Å². The number of fused-ring (bicyclic) bond motifs is 2. The number of nitrogens with zero attached hydrogens (tertiary/aromatic N) is 1. The third kappa shape index (κ3) is 0.953. The highest BCUT2D eigenvalue weighted by molar-refractivity contribution is 5.06. The minimum atomic E-state index is 1.00. The van der Waals surface area contributed by atoms with Gasteiger partial charge in [-0.15, -0.1) is 0 Å². The Morgan fingerprint density at radius 1 is 0.917 bits per heavy atom. The second-order valence-electron chi connectivity index (χ2n) is 5.08. The van der Waals surface area contributed by atoms with Crippen molar-refractivity contribution >= 4 is 0 Å². The van der Waals surface area contributed by atoms with Crippen molar-refractivity contribution in [2.24, 2.45) is 11.8 Å². The molecule has 4 atom stereocenters. The van der Waals surface area contributed by atoms with E-state index in [-0.39, 0.29) is 0 Å². The first-order valence-corrected chi connectivity index (χ1v) is 5.58. The predicted octanol–water partition coefficient (Wildman–Crippen LogP) is 2.27. The molecule has 0 N–H and O–H groups in total. The molecule has 3 rings (SSSR count). The molecule has 2 aliphatic carbocycles. The molecule has 68 valence electrons. The summed E-state index contributed by atoms with van der Waals surface area (Å²) in [6, 6.07) is 2.01. The molecule has 0 aromatic heterocycles. The highest BCUT2D eigenvalue weighted by Crippen LogP contribution is 2.49. The molecular weight excluding hydrogens is 146 g/mol. The van der Waals surface area contributed by atoms with Crippen LogP contribution in [0.15, 0.2) is 0 Å². The lowest BCUT2D eigenvalue weighted by Crippen LogP contribution is -2.27. The van der Waals surface area contributed by atoms with Crippen LogP contribution in [-0.4, -0.2) is 24.0 Å². The third-order valence-electron chi connectivity index (χ3n) is 4.56. The SMILES string of the molecule is CN1C2CC3CCCCC3CC21. The summed E-state index contributed by atoms with van der Waals surface area (Å²) in [6.45, 7) is 0. The van der Waals surface area contributed by atoms with Crippen LogP contribution in [-0.2, 0) is 0 Å². The van der Waals surface area contributed by atoms with E-state index in [0.717, 1.165) is 23.9 Å². The Bertz CT molecular complexity index is 169. The van der Waals surface area contributed by atoms with E-state index in [1.807, 2.05) is 0 Å². The average molecular weight is 165 g/mol. The van der Waals surface area contributed by atoms with E-state index in [2.05, 4.69) is 11.9 Å². The fourth-order valence-corrected chi connectivity index (χ4v) is 3.65. The van der Waals surface area contributed by atoms with E-state index in [0.29, 0.717) is 0 Å². The lowest BCUT2D eigenvalue weighted by molar-refractivity contribution is 0.190. The summed E-state index contributed by atoms with van der Waals surface area (Å²) in [5, 5.41) is 0. The molecule has 1 heteroatoms. The molecule has 1 aliphatic heterocycles. The highest BCUT2D eigenvalue weighted by Gasteiger charge is 2.51. The van der Waals surface area contributed by atoms with Crippen LogP contribution in [0.2, 0.25) is 0 Å². The molecule has 0 amide bonds. The Balaban J connectivity index is 1.72. The lowest BCUT2D eigenvalue weighted by Gasteiger charge is -2.34.